The molecule has 0 saturated carbocycles. The number of benzene rings is 1. The average molecular weight is 218 g/mol. The fourth-order valence-electron chi connectivity index (χ4n) is 1.07. The molecule has 4 nitrogen and oxygen atoms in total. The van der Waals surface area contributed by atoms with Gasteiger partial charge in [-0.3, -0.25) is 0 Å². The van der Waals surface area contributed by atoms with Crippen molar-refractivity contribution >= 4 is 5.97 Å². The van der Waals surface area contributed by atoms with Crippen LogP contribution in [0.1, 0.15) is 11.7 Å². The third-order valence-corrected chi connectivity index (χ3v) is 1.77. The van der Waals surface area contributed by atoms with Gasteiger partial charge < -0.3 is 14.9 Å². The quantitative estimate of drug-likeness (QED) is 0.723. The van der Waals surface area contributed by atoms with E-state index in [2.05, 4.69) is 4.74 Å². The maximum atomic E-state index is 13.1. The SMILES string of the molecule is COC(=O)C(O)c1c(O)cc(F)cc1F. The van der Waals surface area contributed by atoms with Crippen molar-refractivity contribution in [3.8, 4) is 5.75 Å². The zero-order valence-corrected chi connectivity index (χ0v) is 7.70. The first-order chi connectivity index (χ1) is 6.97. The van der Waals surface area contributed by atoms with E-state index in [1.54, 1.807) is 0 Å². The molecule has 0 aromatic heterocycles. The van der Waals surface area contributed by atoms with E-state index in [4.69, 9.17) is 5.11 Å². The first-order valence-electron chi connectivity index (χ1n) is 3.91. The number of aromatic hydroxyl groups is 1. The maximum Gasteiger partial charge on any atom is 0.339 e. The molecule has 82 valence electrons. The number of esters is 1. The van der Waals surface area contributed by atoms with E-state index >= 15 is 0 Å². The summed E-state index contributed by atoms with van der Waals surface area (Å²) in [5, 5.41) is 18.4. The lowest BCUT2D eigenvalue weighted by atomic mass is 10.1. The van der Waals surface area contributed by atoms with Gasteiger partial charge in [-0.1, -0.05) is 0 Å². The molecule has 1 atom stereocenters. The molecule has 1 aromatic rings. The molecule has 0 heterocycles. The van der Waals surface area contributed by atoms with Crippen LogP contribution in [0.3, 0.4) is 0 Å². The standard InChI is InChI=1S/C9H8F2O4/c1-15-9(14)8(13)7-5(11)2-4(10)3-6(7)12/h2-3,8,12-13H,1H3. The molecule has 6 heteroatoms. The minimum absolute atomic E-state index is 0.446. The largest absolute Gasteiger partial charge is 0.507 e. The van der Waals surface area contributed by atoms with Gasteiger partial charge in [0.15, 0.2) is 6.10 Å². The number of methoxy groups -OCH3 is 1. The number of phenolic OH excluding ortho intramolecular Hbond substituents is 1. The summed E-state index contributed by atoms with van der Waals surface area (Å²) in [5.41, 5.74) is -0.705. The number of hydrogen-bond donors (Lipinski definition) is 2. The van der Waals surface area contributed by atoms with Crippen molar-refractivity contribution in [1.82, 2.24) is 0 Å². The molecular formula is C9H8F2O4. The van der Waals surface area contributed by atoms with Crippen LogP contribution in [0, 0.1) is 11.6 Å². The van der Waals surface area contributed by atoms with E-state index in [1.807, 2.05) is 0 Å². The Bertz CT molecular complexity index is 369. The van der Waals surface area contributed by atoms with Crippen molar-refractivity contribution in [2.45, 2.75) is 6.10 Å². The molecule has 15 heavy (non-hydrogen) atoms. The van der Waals surface area contributed by atoms with Crippen LogP contribution in [-0.2, 0) is 9.53 Å². The van der Waals surface area contributed by atoms with Gasteiger partial charge in [-0.2, -0.15) is 0 Å². The fraction of sp³-hybridized carbons (Fsp3) is 0.222. The minimum Gasteiger partial charge on any atom is -0.507 e. The Morgan fingerprint density at radius 2 is 2.07 bits per heavy atom. The first kappa shape index (κ1) is 11.4. The molecule has 0 amide bonds. The molecule has 1 rings (SSSR count). The zero-order valence-electron chi connectivity index (χ0n) is 7.70. The highest BCUT2D eigenvalue weighted by Crippen LogP contribution is 2.28. The number of halogens is 2. The summed E-state index contributed by atoms with van der Waals surface area (Å²) < 4.78 is 29.8. The van der Waals surface area contributed by atoms with E-state index < -0.39 is 35.0 Å². The summed E-state index contributed by atoms with van der Waals surface area (Å²) in [6.45, 7) is 0. The van der Waals surface area contributed by atoms with E-state index in [-0.39, 0.29) is 0 Å². The minimum atomic E-state index is -1.98. The molecule has 0 spiro atoms. The van der Waals surface area contributed by atoms with Gasteiger partial charge in [0.05, 0.1) is 12.7 Å². The lowest BCUT2D eigenvalue weighted by Crippen LogP contribution is -2.15. The third-order valence-electron chi connectivity index (χ3n) is 1.77. The summed E-state index contributed by atoms with van der Waals surface area (Å²) in [5.74, 6) is -4.21. The van der Waals surface area contributed by atoms with E-state index in [9.17, 15) is 18.7 Å². The monoisotopic (exact) mass is 218 g/mol. The second kappa shape index (κ2) is 4.22. The van der Waals surface area contributed by atoms with Crippen molar-refractivity contribution in [2.24, 2.45) is 0 Å². The van der Waals surface area contributed by atoms with E-state index in [0.717, 1.165) is 7.11 Å². The summed E-state index contributed by atoms with van der Waals surface area (Å²) in [6, 6.07) is 1.03. The van der Waals surface area contributed by atoms with Crippen LogP contribution in [0.5, 0.6) is 5.75 Å². The van der Waals surface area contributed by atoms with Crippen LogP contribution in [0.15, 0.2) is 12.1 Å². The Labute approximate surface area is 83.7 Å². The Kier molecular flexibility index (Phi) is 3.21. The van der Waals surface area contributed by atoms with Gasteiger partial charge in [0.1, 0.15) is 17.4 Å². The van der Waals surface area contributed by atoms with Gasteiger partial charge in [-0.25, -0.2) is 13.6 Å². The van der Waals surface area contributed by atoms with Gasteiger partial charge >= 0.3 is 5.97 Å². The molecule has 1 unspecified atom stereocenters. The summed E-state index contributed by atoms with van der Waals surface area (Å²) in [7, 11) is 0.990. The molecule has 1 aromatic carbocycles. The van der Waals surface area contributed by atoms with Crippen molar-refractivity contribution in [1.29, 1.82) is 0 Å². The number of rotatable bonds is 2. The maximum absolute atomic E-state index is 13.1. The molecular weight excluding hydrogens is 210 g/mol. The van der Waals surface area contributed by atoms with Crippen molar-refractivity contribution in [3.05, 3.63) is 29.3 Å². The highest BCUT2D eigenvalue weighted by molar-refractivity contribution is 5.77. The second-order valence-corrected chi connectivity index (χ2v) is 2.75. The Morgan fingerprint density at radius 1 is 1.47 bits per heavy atom. The number of carbonyl (C=O) groups excluding carboxylic acids is 1. The summed E-state index contributed by atoms with van der Waals surface area (Å²) in [4.78, 5) is 10.9. The Hall–Kier alpha value is -1.69. The molecule has 0 aliphatic heterocycles. The van der Waals surface area contributed by atoms with Crippen LogP contribution >= 0.6 is 0 Å². The molecule has 0 bridgehead atoms. The number of carbonyl (C=O) groups is 1. The number of aliphatic hydroxyl groups excluding tert-OH is 1. The smallest absolute Gasteiger partial charge is 0.339 e. The number of ether oxygens (including phenoxy) is 1. The lowest BCUT2D eigenvalue weighted by molar-refractivity contribution is -0.151. The predicted molar refractivity (Wildman–Crippen MR) is 45.0 cm³/mol. The van der Waals surface area contributed by atoms with Gasteiger partial charge in [-0.05, 0) is 0 Å². The average Bonchev–Trinajstić information content (AvgIpc) is 2.14. The van der Waals surface area contributed by atoms with Crippen molar-refractivity contribution in [2.75, 3.05) is 7.11 Å². The zero-order chi connectivity index (χ0) is 11.6. The molecule has 0 aliphatic rings. The molecule has 0 radical (unpaired) electrons. The van der Waals surface area contributed by atoms with Crippen LogP contribution in [0.4, 0.5) is 8.78 Å². The van der Waals surface area contributed by atoms with Crippen LogP contribution in [0.2, 0.25) is 0 Å². The van der Waals surface area contributed by atoms with Gasteiger partial charge in [0.2, 0.25) is 0 Å². The summed E-state index contributed by atoms with van der Waals surface area (Å²) >= 11 is 0. The Morgan fingerprint density at radius 3 is 2.53 bits per heavy atom. The van der Waals surface area contributed by atoms with Crippen molar-refractivity contribution in [3.63, 3.8) is 0 Å². The third kappa shape index (κ3) is 2.21. The highest BCUT2D eigenvalue weighted by Gasteiger charge is 2.25. The number of phenols is 1. The van der Waals surface area contributed by atoms with Crippen LogP contribution in [-0.4, -0.2) is 23.3 Å². The fourth-order valence-corrected chi connectivity index (χ4v) is 1.07. The molecule has 2 N–H and O–H groups in total. The van der Waals surface area contributed by atoms with Crippen LogP contribution < -0.4 is 0 Å². The summed E-state index contributed by atoms with van der Waals surface area (Å²) in [6.07, 6.45) is -1.98. The normalized spacial score (nSPS) is 12.3. The van der Waals surface area contributed by atoms with E-state index in [1.165, 1.54) is 0 Å². The van der Waals surface area contributed by atoms with Crippen LogP contribution in [0.25, 0.3) is 0 Å². The first-order valence-corrected chi connectivity index (χ1v) is 3.91. The van der Waals surface area contributed by atoms with Gasteiger partial charge in [-0.15, -0.1) is 0 Å². The molecule has 0 aliphatic carbocycles. The lowest BCUT2D eigenvalue weighted by Gasteiger charge is -2.11. The molecule has 0 fully saturated rings. The topological polar surface area (TPSA) is 66.8 Å². The predicted octanol–water partition coefficient (Wildman–Crippen LogP) is 0.877. The molecule has 0 saturated heterocycles. The number of hydrogen-bond acceptors (Lipinski definition) is 4. The van der Waals surface area contributed by atoms with E-state index in [0.29, 0.717) is 12.1 Å². The van der Waals surface area contributed by atoms with Gasteiger partial charge in [0, 0.05) is 12.1 Å². The second-order valence-electron chi connectivity index (χ2n) is 2.75. The van der Waals surface area contributed by atoms with Crippen molar-refractivity contribution < 1.29 is 28.5 Å². The Balaban J connectivity index is 3.19. The highest BCUT2D eigenvalue weighted by atomic mass is 19.1. The number of aliphatic hydroxyl groups is 1. The van der Waals surface area contributed by atoms with Gasteiger partial charge in [0.25, 0.3) is 0 Å².